The Morgan fingerprint density at radius 3 is 2.65 bits per heavy atom. The normalized spacial score (nSPS) is 24.8. The molecule has 2 N–H and O–H groups in total. The topological polar surface area (TPSA) is 89.5 Å². The van der Waals surface area contributed by atoms with Crippen LogP contribution in [-0.2, 0) is 4.74 Å². The third kappa shape index (κ3) is 4.76. The molecular weight excluding hydrogens is 449 g/mol. The average molecular weight is 479 g/mol. The summed E-state index contributed by atoms with van der Waals surface area (Å²) < 4.78 is 47.3. The summed E-state index contributed by atoms with van der Waals surface area (Å²) in [6.07, 6.45) is 3.15. The molecule has 0 unspecified atom stereocenters. The molecule has 34 heavy (non-hydrogen) atoms. The zero-order valence-corrected chi connectivity index (χ0v) is 19.2. The number of halogens is 3. The van der Waals surface area contributed by atoms with Crippen molar-refractivity contribution in [2.75, 3.05) is 18.5 Å². The SMILES string of the molecule is C[C@@H](CC(F)(F)F)Nc1ncc2c(-c3cnn(C4COC4)c3)cc(C3CCC(C)(O)CC3)n2n1. The van der Waals surface area contributed by atoms with E-state index in [-0.39, 0.29) is 17.9 Å². The smallest absolute Gasteiger partial charge is 0.390 e. The van der Waals surface area contributed by atoms with E-state index in [2.05, 4.69) is 26.6 Å². The Hall–Kier alpha value is -2.66. The highest BCUT2D eigenvalue weighted by Crippen LogP contribution is 2.40. The summed E-state index contributed by atoms with van der Waals surface area (Å²) in [4.78, 5) is 4.32. The number of ether oxygens (including phenoxy) is 1. The monoisotopic (exact) mass is 478 g/mol. The highest BCUT2D eigenvalue weighted by molar-refractivity contribution is 5.81. The molecule has 1 saturated heterocycles. The highest BCUT2D eigenvalue weighted by Gasteiger charge is 2.33. The predicted octanol–water partition coefficient (Wildman–Crippen LogP) is 4.33. The first kappa shape index (κ1) is 23.1. The van der Waals surface area contributed by atoms with E-state index in [4.69, 9.17) is 4.74 Å². The number of alkyl halides is 3. The Labute approximate surface area is 195 Å². The lowest BCUT2D eigenvalue weighted by Crippen LogP contribution is -2.30. The first-order chi connectivity index (χ1) is 16.1. The standard InChI is InChI=1S/C23H29F3N6O2/c1-14(8-23(24,25)26)29-21-27-10-20-18(16-9-28-31(11-16)17-12-34-13-17)7-19(32(20)30-21)15-3-5-22(2,33)6-4-15/h7,9-11,14-15,17,33H,3-6,8,12-13H2,1-2H3,(H,29,30)/t14-,15?,22?/m0/s1. The summed E-state index contributed by atoms with van der Waals surface area (Å²) in [5.74, 6) is 0.324. The van der Waals surface area contributed by atoms with Crippen molar-refractivity contribution >= 4 is 11.5 Å². The van der Waals surface area contributed by atoms with Crippen molar-refractivity contribution in [2.45, 2.75) is 75.7 Å². The fraction of sp³-hybridized carbons (Fsp3) is 0.609. The molecule has 0 aromatic carbocycles. The summed E-state index contributed by atoms with van der Waals surface area (Å²) in [6, 6.07) is 1.45. The molecule has 3 aromatic heterocycles. The molecule has 0 spiro atoms. The van der Waals surface area contributed by atoms with Crippen LogP contribution in [0.2, 0.25) is 0 Å². The van der Waals surface area contributed by atoms with Crippen molar-refractivity contribution in [3.63, 3.8) is 0 Å². The Morgan fingerprint density at radius 2 is 2.00 bits per heavy atom. The molecule has 5 rings (SSSR count). The molecule has 11 heteroatoms. The molecule has 2 fully saturated rings. The second kappa shape index (κ2) is 8.53. The fourth-order valence-corrected chi connectivity index (χ4v) is 4.81. The predicted molar refractivity (Wildman–Crippen MR) is 120 cm³/mol. The van der Waals surface area contributed by atoms with Crippen LogP contribution in [0.15, 0.2) is 24.7 Å². The quantitative estimate of drug-likeness (QED) is 0.548. The van der Waals surface area contributed by atoms with Gasteiger partial charge in [-0.2, -0.15) is 18.3 Å². The van der Waals surface area contributed by atoms with Gasteiger partial charge in [0.05, 0.1) is 49.2 Å². The number of anilines is 1. The van der Waals surface area contributed by atoms with Crippen LogP contribution < -0.4 is 5.32 Å². The van der Waals surface area contributed by atoms with E-state index in [0.29, 0.717) is 26.1 Å². The van der Waals surface area contributed by atoms with Crippen molar-refractivity contribution in [3.05, 3.63) is 30.4 Å². The fourth-order valence-electron chi connectivity index (χ4n) is 4.81. The van der Waals surface area contributed by atoms with Crippen molar-refractivity contribution in [1.29, 1.82) is 0 Å². The Balaban J connectivity index is 1.50. The van der Waals surface area contributed by atoms with Crippen LogP contribution in [0, 0.1) is 0 Å². The van der Waals surface area contributed by atoms with Gasteiger partial charge in [-0.25, -0.2) is 9.50 Å². The Morgan fingerprint density at radius 1 is 1.26 bits per heavy atom. The third-order valence-electron chi connectivity index (χ3n) is 6.85. The highest BCUT2D eigenvalue weighted by atomic mass is 19.4. The van der Waals surface area contributed by atoms with Gasteiger partial charge in [-0.3, -0.25) is 4.68 Å². The summed E-state index contributed by atoms with van der Waals surface area (Å²) in [6.45, 7) is 4.60. The molecule has 1 aliphatic carbocycles. The molecule has 0 amide bonds. The Bertz CT molecular complexity index is 1160. The van der Waals surface area contributed by atoms with Crippen molar-refractivity contribution in [3.8, 4) is 11.1 Å². The van der Waals surface area contributed by atoms with E-state index in [1.807, 2.05) is 17.8 Å². The lowest BCUT2D eigenvalue weighted by atomic mass is 9.78. The molecule has 0 bridgehead atoms. The van der Waals surface area contributed by atoms with Crippen molar-refractivity contribution < 1.29 is 23.0 Å². The van der Waals surface area contributed by atoms with Crippen LogP contribution in [0.25, 0.3) is 16.6 Å². The largest absolute Gasteiger partial charge is 0.391 e. The summed E-state index contributed by atoms with van der Waals surface area (Å²) in [5.41, 5.74) is 2.91. The van der Waals surface area contributed by atoms with Crippen LogP contribution in [0.3, 0.4) is 0 Å². The number of hydrogen-bond donors (Lipinski definition) is 2. The zero-order chi connectivity index (χ0) is 24.1. The molecule has 2 aliphatic rings. The van der Waals surface area contributed by atoms with Crippen LogP contribution >= 0.6 is 0 Å². The number of aliphatic hydroxyl groups is 1. The van der Waals surface area contributed by atoms with Gasteiger partial charge in [0.25, 0.3) is 0 Å². The molecule has 4 heterocycles. The molecule has 184 valence electrons. The van der Waals surface area contributed by atoms with Crippen LogP contribution in [-0.4, -0.2) is 60.5 Å². The summed E-state index contributed by atoms with van der Waals surface area (Å²) >= 11 is 0. The average Bonchev–Trinajstić information content (AvgIpc) is 3.30. The molecule has 0 radical (unpaired) electrons. The van der Waals surface area contributed by atoms with Gasteiger partial charge in [0.2, 0.25) is 5.95 Å². The number of fused-ring (bicyclic) bond motifs is 1. The number of nitrogens with zero attached hydrogens (tertiary/aromatic N) is 5. The molecule has 8 nitrogen and oxygen atoms in total. The maximum absolute atomic E-state index is 12.8. The minimum atomic E-state index is -4.27. The maximum Gasteiger partial charge on any atom is 0.391 e. The van der Waals surface area contributed by atoms with Gasteiger partial charge in [-0.05, 0) is 45.6 Å². The van der Waals surface area contributed by atoms with Gasteiger partial charge in [-0.1, -0.05) is 0 Å². The van der Waals surface area contributed by atoms with Crippen molar-refractivity contribution in [2.24, 2.45) is 0 Å². The Kier molecular flexibility index (Phi) is 5.79. The van der Waals surface area contributed by atoms with Crippen LogP contribution in [0.5, 0.6) is 0 Å². The second-order valence-corrected chi connectivity index (χ2v) is 9.90. The van der Waals surface area contributed by atoms with E-state index < -0.39 is 24.2 Å². The van der Waals surface area contributed by atoms with Gasteiger partial charge in [0, 0.05) is 35.0 Å². The zero-order valence-electron chi connectivity index (χ0n) is 19.2. The lowest BCUT2D eigenvalue weighted by molar-refractivity contribution is -0.136. The van der Waals surface area contributed by atoms with E-state index in [1.54, 1.807) is 16.9 Å². The van der Waals surface area contributed by atoms with E-state index in [9.17, 15) is 18.3 Å². The molecule has 3 aromatic rings. The number of nitrogens with one attached hydrogen (secondary N) is 1. The van der Waals surface area contributed by atoms with Crippen LogP contribution in [0.1, 0.15) is 63.6 Å². The van der Waals surface area contributed by atoms with E-state index in [0.717, 1.165) is 35.2 Å². The number of hydrogen-bond acceptors (Lipinski definition) is 6. The van der Waals surface area contributed by atoms with Gasteiger partial charge < -0.3 is 15.2 Å². The van der Waals surface area contributed by atoms with E-state index in [1.165, 1.54) is 6.92 Å². The molecule has 1 atom stereocenters. The van der Waals surface area contributed by atoms with Crippen molar-refractivity contribution in [1.82, 2.24) is 24.4 Å². The molecule has 1 saturated carbocycles. The van der Waals surface area contributed by atoms with Gasteiger partial charge >= 0.3 is 6.18 Å². The third-order valence-corrected chi connectivity index (χ3v) is 6.85. The second-order valence-electron chi connectivity index (χ2n) is 9.90. The summed E-state index contributed by atoms with van der Waals surface area (Å²) in [7, 11) is 0. The number of rotatable bonds is 6. The maximum atomic E-state index is 12.8. The van der Waals surface area contributed by atoms with Gasteiger partial charge in [-0.15, -0.1) is 5.10 Å². The van der Waals surface area contributed by atoms with Crippen LogP contribution in [0.4, 0.5) is 19.1 Å². The summed E-state index contributed by atoms with van der Waals surface area (Å²) in [5, 5.41) is 22.3. The minimum Gasteiger partial charge on any atom is -0.390 e. The minimum absolute atomic E-state index is 0.151. The van der Waals surface area contributed by atoms with E-state index >= 15 is 0 Å². The lowest BCUT2D eigenvalue weighted by Gasteiger charge is -2.32. The molecule has 1 aliphatic heterocycles. The van der Waals surface area contributed by atoms with Gasteiger partial charge in [0.1, 0.15) is 0 Å². The molecular formula is C23H29F3N6O2. The first-order valence-electron chi connectivity index (χ1n) is 11.6. The first-order valence-corrected chi connectivity index (χ1v) is 11.6. The number of aromatic nitrogens is 5. The van der Waals surface area contributed by atoms with Gasteiger partial charge in [0.15, 0.2) is 0 Å².